The number of nitro groups is 1. The first-order valence-corrected chi connectivity index (χ1v) is 9.72. The highest BCUT2D eigenvalue weighted by molar-refractivity contribution is 5.84. The Balaban J connectivity index is 1.67. The van der Waals surface area contributed by atoms with Gasteiger partial charge in [-0.05, 0) is 38.0 Å². The molecule has 4 rings (SSSR count). The van der Waals surface area contributed by atoms with Gasteiger partial charge in [-0.15, -0.1) is 0 Å². The Morgan fingerprint density at radius 3 is 2.72 bits per heavy atom. The van der Waals surface area contributed by atoms with E-state index in [1.807, 2.05) is 31.2 Å². The van der Waals surface area contributed by atoms with Crippen LogP contribution in [0, 0.1) is 16.0 Å². The molecule has 8 heteroatoms. The van der Waals surface area contributed by atoms with E-state index in [1.54, 1.807) is 12.1 Å². The predicted molar refractivity (Wildman–Crippen MR) is 110 cm³/mol. The minimum absolute atomic E-state index is 0.0191. The van der Waals surface area contributed by atoms with Crippen molar-refractivity contribution in [2.45, 2.75) is 19.8 Å². The number of nitrogens with zero attached hydrogens (tertiary/aromatic N) is 3. The second kappa shape index (κ2) is 7.90. The van der Waals surface area contributed by atoms with E-state index in [1.165, 1.54) is 6.07 Å². The number of carbonyl (C=O) groups is 1. The highest BCUT2D eigenvalue weighted by Gasteiger charge is 2.28. The Morgan fingerprint density at radius 2 is 2.03 bits per heavy atom. The van der Waals surface area contributed by atoms with Crippen molar-refractivity contribution in [3.63, 3.8) is 0 Å². The molecule has 0 aliphatic carbocycles. The van der Waals surface area contributed by atoms with Gasteiger partial charge in [-0.2, -0.15) is 0 Å². The minimum atomic E-state index is -0.400. The van der Waals surface area contributed by atoms with E-state index >= 15 is 0 Å². The molecule has 0 amide bonds. The molecule has 1 aliphatic rings. The van der Waals surface area contributed by atoms with E-state index in [9.17, 15) is 14.9 Å². The summed E-state index contributed by atoms with van der Waals surface area (Å²) >= 11 is 0. The monoisotopic (exact) mass is 394 g/mol. The molecule has 8 nitrogen and oxygen atoms in total. The number of rotatable bonds is 5. The second-order valence-corrected chi connectivity index (χ2v) is 7.07. The molecule has 2 heterocycles. The molecule has 29 heavy (non-hydrogen) atoms. The highest BCUT2D eigenvalue weighted by Crippen LogP contribution is 2.35. The fraction of sp³-hybridized carbons (Fsp3) is 0.333. The van der Waals surface area contributed by atoms with Crippen LogP contribution >= 0.6 is 0 Å². The largest absolute Gasteiger partial charge is 0.466 e. The lowest BCUT2D eigenvalue weighted by Crippen LogP contribution is -2.37. The van der Waals surface area contributed by atoms with Gasteiger partial charge < -0.3 is 14.6 Å². The molecular weight excluding hydrogens is 372 g/mol. The number of H-pyrrole nitrogens is 1. The lowest BCUT2D eigenvalue weighted by molar-refractivity contribution is -0.384. The Morgan fingerprint density at radius 1 is 1.28 bits per heavy atom. The number of esters is 1. The van der Waals surface area contributed by atoms with Crippen LogP contribution in [0.4, 0.5) is 11.4 Å². The van der Waals surface area contributed by atoms with E-state index in [0.29, 0.717) is 43.9 Å². The SMILES string of the molecule is CCOC(=O)C1CCN(c2ccc([N+](=O)[O-])cc2-c2nc3ccccc3[nH]2)CC1. The van der Waals surface area contributed by atoms with Gasteiger partial charge in [-0.25, -0.2) is 4.98 Å². The maximum atomic E-state index is 12.0. The molecule has 0 radical (unpaired) electrons. The minimum Gasteiger partial charge on any atom is -0.466 e. The zero-order valence-electron chi connectivity index (χ0n) is 16.1. The van der Waals surface area contributed by atoms with Crippen molar-refractivity contribution in [2.75, 3.05) is 24.6 Å². The van der Waals surface area contributed by atoms with Gasteiger partial charge in [0.05, 0.1) is 28.5 Å². The van der Waals surface area contributed by atoms with Crippen molar-refractivity contribution in [1.29, 1.82) is 0 Å². The Kier molecular flexibility index (Phi) is 5.16. The quantitative estimate of drug-likeness (QED) is 0.400. The summed E-state index contributed by atoms with van der Waals surface area (Å²) in [4.78, 5) is 33.0. The molecule has 3 aromatic rings. The maximum absolute atomic E-state index is 12.0. The first-order valence-electron chi connectivity index (χ1n) is 9.72. The number of carbonyl (C=O) groups excluding carboxylic acids is 1. The summed E-state index contributed by atoms with van der Waals surface area (Å²) in [6, 6.07) is 12.5. The third-order valence-corrected chi connectivity index (χ3v) is 5.29. The van der Waals surface area contributed by atoms with Gasteiger partial charge in [-0.3, -0.25) is 14.9 Å². The molecule has 0 atom stereocenters. The Hall–Kier alpha value is -3.42. The lowest BCUT2D eigenvalue weighted by atomic mass is 9.96. The van der Waals surface area contributed by atoms with Gasteiger partial charge in [0.2, 0.25) is 0 Å². The number of aromatic amines is 1. The number of imidazole rings is 1. The summed E-state index contributed by atoms with van der Waals surface area (Å²) in [6.45, 7) is 3.55. The number of nitrogens with one attached hydrogen (secondary N) is 1. The fourth-order valence-corrected chi connectivity index (χ4v) is 3.80. The second-order valence-electron chi connectivity index (χ2n) is 7.07. The number of fused-ring (bicyclic) bond motifs is 1. The topological polar surface area (TPSA) is 101 Å². The summed E-state index contributed by atoms with van der Waals surface area (Å²) in [7, 11) is 0. The molecule has 1 aliphatic heterocycles. The summed E-state index contributed by atoms with van der Waals surface area (Å²) < 4.78 is 5.14. The average molecular weight is 394 g/mol. The summed E-state index contributed by atoms with van der Waals surface area (Å²) in [5, 5.41) is 11.3. The number of anilines is 1. The number of non-ortho nitro benzene ring substituents is 1. The molecular formula is C21H22N4O4. The van der Waals surface area contributed by atoms with Crippen LogP contribution in [0.5, 0.6) is 0 Å². The predicted octanol–water partition coefficient (Wildman–Crippen LogP) is 3.92. The zero-order chi connectivity index (χ0) is 20.4. The molecule has 1 fully saturated rings. The van der Waals surface area contributed by atoms with Gasteiger partial charge >= 0.3 is 5.97 Å². The Bertz CT molecular complexity index is 1020. The van der Waals surface area contributed by atoms with Crippen molar-refractivity contribution in [3.05, 3.63) is 52.6 Å². The molecule has 0 spiro atoms. The number of hydrogen-bond donors (Lipinski definition) is 1. The van der Waals surface area contributed by atoms with E-state index < -0.39 is 4.92 Å². The van der Waals surface area contributed by atoms with Crippen molar-refractivity contribution in [1.82, 2.24) is 9.97 Å². The Labute approximate surface area is 167 Å². The number of para-hydroxylation sites is 2. The molecule has 1 saturated heterocycles. The van der Waals surface area contributed by atoms with Gasteiger partial charge in [0.15, 0.2) is 0 Å². The van der Waals surface area contributed by atoms with Crippen LogP contribution in [0.2, 0.25) is 0 Å². The number of aromatic nitrogens is 2. The molecule has 0 saturated carbocycles. The molecule has 2 aromatic carbocycles. The highest BCUT2D eigenvalue weighted by atomic mass is 16.6. The summed E-state index contributed by atoms with van der Waals surface area (Å²) in [6.07, 6.45) is 1.38. The van der Waals surface area contributed by atoms with Crippen LogP contribution in [0.3, 0.4) is 0 Å². The number of benzene rings is 2. The van der Waals surface area contributed by atoms with Crippen LogP contribution in [0.25, 0.3) is 22.4 Å². The van der Waals surface area contributed by atoms with Gasteiger partial charge in [0, 0.05) is 36.5 Å². The zero-order valence-corrected chi connectivity index (χ0v) is 16.1. The maximum Gasteiger partial charge on any atom is 0.309 e. The van der Waals surface area contributed by atoms with Crippen LogP contribution in [0.1, 0.15) is 19.8 Å². The van der Waals surface area contributed by atoms with Crippen molar-refractivity contribution in [3.8, 4) is 11.4 Å². The average Bonchev–Trinajstić information content (AvgIpc) is 3.18. The summed E-state index contributed by atoms with van der Waals surface area (Å²) in [5.41, 5.74) is 3.26. The van der Waals surface area contributed by atoms with Crippen molar-refractivity contribution >= 4 is 28.4 Å². The smallest absolute Gasteiger partial charge is 0.309 e. The number of nitro benzene ring substituents is 1. The van der Waals surface area contributed by atoms with Crippen molar-refractivity contribution in [2.24, 2.45) is 5.92 Å². The first-order chi connectivity index (χ1) is 14.1. The third-order valence-electron chi connectivity index (χ3n) is 5.29. The number of hydrogen-bond acceptors (Lipinski definition) is 6. The third kappa shape index (κ3) is 3.78. The van der Waals surface area contributed by atoms with Crippen LogP contribution in [0.15, 0.2) is 42.5 Å². The normalized spacial score (nSPS) is 14.9. The molecule has 150 valence electrons. The molecule has 0 bridgehead atoms. The van der Waals surface area contributed by atoms with Gasteiger partial charge in [0.1, 0.15) is 5.82 Å². The van der Waals surface area contributed by atoms with E-state index in [2.05, 4.69) is 14.9 Å². The van der Waals surface area contributed by atoms with Crippen molar-refractivity contribution < 1.29 is 14.5 Å². The molecule has 1 N–H and O–H groups in total. The van der Waals surface area contributed by atoms with Crippen LogP contribution < -0.4 is 4.90 Å². The van der Waals surface area contributed by atoms with Gasteiger partial charge in [0.25, 0.3) is 5.69 Å². The van der Waals surface area contributed by atoms with E-state index in [4.69, 9.17) is 4.74 Å². The molecule has 0 unspecified atom stereocenters. The standard InChI is InChI=1S/C21H22N4O4/c1-2-29-21(26)14-9-11-24(12-10-14)19-8-7-15(25(27)28)13-16(19)20-22-17-5-3-4-6-18(17)23-20/h3-8,13-14H,2,9-12H2,1H3,(H,22,23). The first kappa shape index (κ1) is 18.9. The summed E-state index contributed by atoms with van der Waals surface area (Å²) in [5.74, 6) is 0.352. The van der Waals surface area contributed by atoms with Crippen LogP contribution in [-0.2, 0) is 9.53 Å². The number of piperidine rings is 1. The number of ether oxygens (including phenoxy) is 1. The molecule has 1 aromatic heterocycles. The lowest BCUT2D eigenvalue weighted by Gasteiger charge is -2.33. The fourth-order valence-electron chi connectivity index (χ4n) is 3.80. The van der Waals surface area contributed by atoms with Gasteiger partial charge in [-0.1, -0.05) is 12.1 Å². The van der Waals surface area contributed by atoms with E-state index in [-0.39, 0.29) is 17.6 Å². The van der Waals surface area contributed by atoms with Crippen LogP contribution in [-0.4, -0.2) is 40.6 Å². The van der Waals surface area contributed by atoms with E-state index in [0.717, 1.165) is 16.7 Å².